The number of carbonyl (C=O) groups excluding carboxylic acids is 3. The zero-order valence-electron chi connectivity index (χ0n) is 36.3. The van der Waals surface area contributed by atoms with Crippen LogP contribution in [0, 0.1) is 11.8 Å². The number of ketones is 2. The van der Waals surface area contributed by atoms with Gasteiger partial charge in [-0.15, -0.1) is 0 Å². The van der Waals surface area contributed by atoms with Gasteiger partial charge in [-0.25, -0.2) is 4.79 Å². The normalized spacial score (nSPS) is 28.0. The lowest BCUT2D eigenvalue weighted by Gasteiger charge is -2.56. The zero-order chi connectivity index (χ0) is 41.5. The molecular weight excluding hydrogens is 719 g/mol. The number of nitrogens with zero attached hydrogens (tertiary/aromatic N) is 1. The van der Waals surface area contributed by atoms with Gasteiger partial charge in [0.2, 0.25) is 0 Å². The lowest BCUT2D eigenvalue weighted by molar-refractivity contribution is -0.171. The van der Waals surface area contributed by atoms with Crippen molar-refractivity contribution in [3.05, 3.63) is 69.4 Å². The summed E-state index contributed by atoms with van der Waals surface area (Å²) < 4.78 is 32.7. The molecule has 310 valence electrons. The number of ether oxygens (including phenoxy) is 5. The average molecular weight is 784 g/mol. The molecule has 57 heavy (non-hydrogen) atoms. The molecule has 1 saturated heterocycles. The number of fused-ring (bicyclic) bond motifs is 2. The maximum Gasteiger partial charge on any atom is 0.333 e. The average Bonchev–Trinajstić information content (AvgIpc) is 3.33. The van der Waals surface area contributed by atoms with Crippen molar-refractivity contribution < 1.29 is 38.1 Å². The Morgan fingerprint density at radius 2 is 1.67 bits per heavy atom. The van der Waals surface area contributed by atoms with E-state index in [2.05, 4.69) is 64.7 Å². The highest BCUT2D eigenvalue weighted by atomic mass is 16.6. The van der Waals surface area contributed by atoms with Gasteiger partial charge in [0, 0.05) is 41.5 Å². The first-order valence-corrected chi connectivity index (χ1v) is 21.1. The number of allylic oxidation sites excluding steroid dienone is 4. The number of unbranched alkanes of at least 4 members (excludes halogenated alkanes) is 2. The molecule has 0 amide bonds. The smallest absolute Gasteiger partial charge is 0.333 e. The molecule has 3 aliphatic carbocycles. The number of hydrogen-bond donors (Lipinski definition) is 0. The van der Waals surface area contributed by atoms with E-state index in [9.17, 15) is 9.59 Å². The van der Waals surface area contributed by atoms with Crippen molar-refractivity contribution in [1.29, 1.82) is 0 Å². The Morgan fingerprint density at radius 3 is 2.30 bits per heavy atom. The molecule has 6 aliphatic rings. The van der Waals surface area contributed by atoms with E-state index >= 15 is 4.79 Å². The Hall–Kier alpha value is -3.95. The van der Waals surface area contributed by atoms with Gasteiger partial charge in [-0.05, 0) is 112 Å². The van der Waals surface area contributed by atoms with E-state index < -0.39 is 34.3 Å². The lowest BCUT2D eigenvalue weighted by atomic mass is 9.51. The van der Waals surface area contributed by atoms with E-state index in [-0.39, 0.29) is 23.9 Å². The zero-order valence-corrected chi connectivity index (χ0v) is 36.3. The van der Waals surface area contributed by atoms with Gasteiger partial charge in [0.15, 0.2) is 22.8 Å². The van der Waals surface area contributed by atoms with Crippen LogP contribution >= 0.6 is 0 Å². The van der Waals surface area contributed by atoms with Crippen molar-refractivity contribution in [2.45, 2.75) is 143 Å². The molecule has 1 aromatic rings. The summed E-state index contributed by atoms with van der Waals surface area (Å²) >= 11 is 0. The quantitative estimate of drug-likeness (QED) is 0.0869. The third kappa shape index (κ3) is 7.37. The van der Waals surface area contributed by atoms with Gasteiger partial charge in [-0.3, -0.25) is 14.5 Å². The molecule has 0 radical (unpaired) electrons. The fourth-order valence-electron chi connectivity index (χ4n) is 9.95. The van der Waals surface area contributed by atoms with Gasteiger partial charge < -0.3 is 23.7 Å². The highest BCUT2D eigenvalue weighted by Crippen LogP contribution is 2.68. The van der Waals surface area contributed by atoms with E-state index in [0.29, 0.717) is 52.4 Å². The van der Waals surface area contributed by atoms with Gasteiger partial charge in [-0.1, -0.05) is 62.1 Å². The van der Waals surface area contributed by atoms with Crippen molar-refractivity contribution in [3.63, 3.8) is 0 Å². The minimum Gasteiger partial charge on any atom is -0.495 e. The van der Waals surface area contributed by atoms with Crippen molar-refractivity contribution in [3.8, 4) is 17.2 Å². The topological polar surface area (TPSA) is 101 Å². The van der Waals surface area contributed by atoms with Gasteiger partial charge in [0.05, 0.1) is 25.4 Å². The second kappa shape index (κ2) is 16.4. The molecule has 2 unspecified atom stereocenters. The van der Waals surface area contributed by atoms with Crippen LogP contribution in [0.1, 0.15) is 135 Å². The monoisotopic (exact) mass is 783 g/mol. The van der Waals surface area contributed by atoms with Gasteiger partial charge in [0.1, 0.15) is 28.4 Å². The molecule has 3 aliphatic heterocycles. The summed E-state index contributed by atoms with van der Waals surface area (Å²) in [7, 11) is 2.91. The van der Waals surface area contributed by atoms with Crippen molar-refractivity contribution in [2.24, 2.45) is 11.8 Å². The number of carbonyl (C=O) groups is 3. The van der Waals surface area contributed by atoms with Crippen molar-refractivity contribution in [1.82, 2.24) is 4.90 Å². The summed E-state index contributed by atoms with van der Waals surface area (Å²) in [6, 6.07) is 0. The van der Waals surface area contributed by atoms with Crippen LogP contribution in [0.25, 0.3) is 6.08 Å². The molecule has 1 aromatic carbocycles. The van der Waals surface area contributed by atoms with E-state index in [1.54, 1.807) is 20.1 Å². The predicted molar refractivity (Wildman–Crippen MR) is 224 cm³/mol. The lowest BCUT2D eigenvalue weighted by Crippen LogP contribution is -2.72. The number of methoxy groups -OCH3 is 2. The molecule has 3 heterocycles. The van der Waals surface area contributed by atoms with Crippen LogP contribution in [0.4, 0.5) is 0 Å². The summed E-state index contributed by atoms with van der Waals surface area (Å²) in [6.07, 6.45) is 19.2. The third-order valence-electron chi connectivity index (χ3n) is 12.9. The first-order valence-electron chi connectivity index (χ1n) is 21.1. The molecule has 1 spiro atoms. The first-order chi connectivity index (χ1) is 27.0. The molecule has 5 atom stereocenters. The first kappa shape index (κ1) is 42.7. The standard InChI is InChI=1S/C48H65NO8/c1-12-14-25-49(26-15-13-2)29-31(5)18-19-34-40-35(21-23-46(9,55-40)22-16-17-30(3)4)41(53-10)38-39(50)36-27-33-28-37-45(7,8)57-47(43(33)51,48(36,37)56-42(34)38)24-20-32(6)44(52)54-11/h17-18,20-21,23,27,33,37H,12-16,19,22,24-26,28-29H2,1-11H3/b31-18+,32-20-/t33-,37?,46+,47?,48+/m0/s1. The second-order valence-corrected chi connectivity index (χ2v) is 17.9. The Balaban J connectivity index is 1.55. The van der Waals surface area contributed by atoms with Gasteiger partial charge in [-0.2, -0.15) is 0 Å². The summed E-state index contributed by atoms with van der Waals surface area (Å²) in [4.78, 5) is 45.2. The Labute approximate surface area is 340 Å². The number of hydrogen-bond acceptors (Lipinski definition) is 9. The number of Topliss-reactive ketones (excluding diaryl/α,β-unsaturated/α-hetero) is 2. The van der Waals surface area contributed by atoms with Crippen molar-refractivity contribution >= 4 is 23.6 Å². The van der Waals surface area contributed by atoms with Crippen molar-refractivity contribution in [2.75, 3.05) is 33.9 Å². The van der Waals surface area contributed by atoms with Crippen LogP contribution in [0.5, 0.6) is 17.2 Å². The van der Waals surface area contributed by atoms with E-state index in [1.165, 1.54) is 18.3 Å². The minimum atomic E-state index is -1.55. The number of esters is 1. The van der Waals surface area contributed by atoms with E-state index in [4.69, 9.17) is 23.7 Å². The molecule has 0 N–H and O–H groups in total. The van der Waals surface area contributed by atoms with Crippen LogP contribution in [-0.4, -0.2) is 78.7 Å². The summed E-state index contributed by atoms with van der Waals surface area (Å²) in [5.41, 5.74) is 0.597. The summed E-state index contributed by atoms with van der Waals surface area (Å²) in [5.74, 6) is -0.309. The van der Waals surface area contributed by atoms with E-state index in [1.807, 2.05) is 26.0 Å². The molecule has 4 bridgehead atoms. The van der Waals surface area contributed by atoms with Crippen LogP contribution < -0.4 is 14.2 Å². The number of benzene rings is 1. The molecular formula is C48H65NO8. The van der Waals surface area contributed by atoms with Gasteiger partial charge in [0.25, 0.3) is 0 Å². The maximum absolute atomic E-state index is 15.4. The predicted octanol–water partition coefficient (Wildman–Crippen LogP) is 9.51. The Bertz CT molecular complexity index is 1940. The Morgan fingerprint density at radius 1 is 0.965 bits per heavy atom. The van der Waals surface area contributed by atoms with Crippen LogP contribution in [0.2, 0.25) is 0 Å². The maximum atomic E-state index is 15.4. The van der Waals surface area contributed by atoms with E-state index in [0.717, 1.165) is 63.7 Å². The second-order valence-electron chi connectivity index (χ2n) is 17.9. The fourth-order valence-corrected chi connectivity index (χ4v) is 9.95. The third-order valence-corrected chi connectivity index (χ3v) is 12.9. The molecule has 2 fully saturated rings. The SMILES string of the molecule is CCCCN(CCCC)C/C(C)=C/Cc1c2c(c(OC)c3c1O[C@]14C(=C[C@H]5CC1C(C)(C)OC4(C/C=C(/C)C(=O)OC)C5=O)C3=O)C=C[C@@](C)(CCC=C(C)C)O2. The number of rotatable bonds is 17. The minimum absolute atomic E-state index is 0.0482. The fraction of sp³-hybridized carbons (Fsp3) is 0.604. The molecule has 1 saturated carbocycles. The molecule has 0 aromatic heterocycles. The van der Waals surface area contributed by atoms with Gasteiger partial charge >= 0.3 is 5.97 Å². The van der Waals surface area contributed by atoms with Crippen LogP contribution in [0.3, 0.4) is 0 Å². The summed E-state index contributed by atoms with van der Waals surface area (Å²) in [6.45, 7) is 21.5. The summed E-state index contributed by atoms with van der Waals surface area (Å²) in [5, 5.41) is 0. The highest BCUT2D eigenvalue weighted by Gasteiger charge is 2.81. The highest BCUT2D eigenvalue weighted by molar-refractivity contribution is 6.19. The van der Waals surface area contributed by atoms with Crippen LogP contribution in [-0.2, 0) is 25.5 Å². The van der Waals surface area contributed by atoms with Crippen LogP contribution in [0.15, 0.2) is 52.7 Å². The molecule has 7 rings (SSSR count). The largest absolute Gasteiger partial charge is 0.495 e. The molecule has 9 heteroatoms. The Kier molecular flexibility index (Phi) is 12.2. The molecule has 9 nitrogen and oxygen atoms in total.